The molecule has 1 N–H and O–H groups in total. The number of carbonyl (C=O) groups excluding carboxylic acids is 1. The minimum atomic E-state index is -0.398. The van der Waals surface area contributed by atoms with E-state index in [1.54, 1.807) is 0 Å². The van der Waals surface area contributed by atoms with Gasteiger partial charge in [-0.1, -0.05) is 0 Å². The summed E-state index contributed by atoms with van der Waals surface area (Å²) in [5.74, 6) is 1.32. The molecular weight excluding hydrogens is 252 g/mol. The number of carbonyl (C=O) groups is 1. The summed E-state index contributed by atoms with van der Waals surface area (Å²) in [5, 5.41) is 3.52. The largest absolute Gasteiger partial charge is 0.444 e. The summed E-state index contributed by atoms with van der Waals surface area (Å²) in [5.41, 5.74) is -0.291. The molecule has 0 aromatic heterocycles. The third-order valence-corrected chi connectivity index (χ3v) is 5.42. The SMILES string of the molecule is CC(C)(C)OC(=O)N1CC[C@@H]2CC[C@@]21C1CCCNC1. The van der Waals surface area contributed by atoms with E-state index < -0.39 is 5.60 Å². The highest BCUT2D eigenvalue weighted by atomic mass is 16.6. The van der Waals surface area contributed by atoms with E-state index in [-0.39, 0.29) is 11.6 Å². The second-order valence-corrected chi connectivity index (χ2v) is 7.69. The lowest BCUT2D eigenvalue weighted by Crippen LogP contribution is -2.64. The maximum atomic E-state index is 12.6. The van der Waals surface area contributed by atoms with Gasteiger partial charge in [0.05, 0.1) is 5.54 Å². The van der Waals surface area contributed by atoms with Crippen LogP contribution in [-0.2, 0) is 4.74 Å². The van der Waals surface area contributed by atoms with Crippen molar-refractivity contribution in [2.75, 3.05) is 19.6 Å². The van der Waals surface area contributed by atoms with Crippen molar-refractivity contribution in [1.82, 2.24) is 10.2 Å². The van der Waals surface area contributed by atoms with Crippen LogP contribution in [0.2, 0.25) is 0 Å². The molecule has 20 heavy (non-hydrogen) atoms. The van der Waals surface area contributed by atoms with E-state index in [1.165, 1.54) is 25.7 Å². The molecule has 114 valence electrons. The highest BCUT2D eigenvalue weighted by Crippen LogP contribution is 2.56. The predicted octanol–water partition coefficient (Wildman–Crippen LogP) is 2.78. The molecule has 4 nitrogen and oxygen atoms in total. The molecule has 3 fully saturated rings. The highest BCUT2D eigenvalue weighted by molar-refractivity contribution is 5.70. The molecule has 0 bridgehead atoms. The quantitative estimate of drug-likeness (QED) is 0.803. The zero-order valence-electron chi connectivity index (χ0n) is 13.1. The van der Waals surface area contributed by atoms with Crippen molar-refractivity contribution >= 4 is 6.09 Å². The van der Waals surface area contributed by atoms with Gasteiger partial charge in [0.25, 0.3) is 0 Å². The third kappa shape index (κ3) is 2.22. The van der Waals surface area contributed by atoms with Crippen LogP contribution in [0, 0.1) is 11.8 Å². The molecule has 2 heterocycles. The van der Waals surface area contributed by atoms with E-state index >= 15 is 0 Å². The molecule has 0 aromatic rings. The molecule has 2 aliphatic heterocycles. The lowest BCUT2D eigenvalue weighted by molar-refractivity contribution is -0.0559. The fourth-order valence-electron chi connectivity index (χ4n) is 4.50. The Balaban J connectivity index is 1.78. The molecule has 2 saturated heterocycles. The number of likely N-dealkylation sites (tertiary alicyclic amines) is 1. The van der Waals surface area contributed by atoms with Crippen LogP contribution in [0.15, 0.2) is 0 Å². The summed E-state index contributed by atoms with van der Waals surface area (Å²) in [6.45, 7) is 8.94. The van der Waals surface area contributed by atoms with Crippen molar-refractivity contribution in [3.05, 3.63) is 0 Å². The van der Waals surface area contributed by atoms with E-state index in [0.29, 0.717) is 11.8 Å². The summed E-state index contributed by atoms with van der Waals surface area (Å²) in [6, 6.07) is 0. The standard InChI is InChI=1S/C16H28N2O2/c1-15(2,3)20-14(19)18-10-7-12-6-8-16(12,18)13-5-4-9-17-11-13/h12-13,17H,4-11H2,1-3H3/t12-,13?,16-/m0/s1. The van der Waals surface area contributed by atoms with Gasteiger partial charge in [0, 0.05) is 13.1 Å². The number of fused-ring (bicyclic) bond motifs is 1. The Morgan fingerprint density at radius 1 is 1.25 bits per heavy atom. The van der Waals surface area contributed by atoms with Crippen molar-refractivity contribution in [3.8, 4) is 0 Å². The van der Waals surface area contributed by atoms with Gasteiger partial charge in [0.2, 0.25) is 0 Å². The molecule has 1 aliphatic carbocycles. The van der Waals surface area contributed by atoms with Crippen molar-refractivity contribution in [2.24, 2.45) is 11.8 Å². The first kappa shape index (κ1) is 14.2. The number of hydrogen-bond donors (Lipinski definition) is 1. The highest BCUT2D eigenvalue weighted by Gasteiger charge is 2.60. The minimum absolute atomic E-state index is 0.0923. The van der Waals surface area contributed by atoms with Crippen LogP contribution in [-0.4, -0.2) is 41.8 Å². The van der Waals surface area contributed by atoms with Crippen LogP contribution in [0.25, 0.3) is 0 Å². The van der Waals surface area contributed by atoms with Gasteiger partial charge in [0.1, 0.15) is 5.60 Å². The minimum Gasteiger partial charge on any atom is -0.444 e. The molecule has 0 aromatic carbocycles. The van der Waals surface area contributed by atoms with Crippen LogP contribution >= 0.6 is 0 Å². The average Bonchev–Trinajstić information content (AvgIpc) is 2.61. The smallest absolute Gasteiger partial charge is 0.410 e. The van der Waals surface area contributed by atoms with Gasteiger partial charge in [-0.05, 0) is 71.3 Å². The van der Waals surface area contributed by atoms with Gasteiger partial charge in [-0.15, -0.1) is 0 Å². The summed E-state index contributed by atoms with van der Waals surface area (Å²) in [7, 11) is 0. The molecule has 0 spiro atoms. The summed E-state index contributed by atoms with van der Waals surface area (Å²) < 4.78 is 5.66. The van der Waals surface area contributed by atoms with Gasteiger partial charge in [-0.25, -0.2) is 4.79 Å². The van der Waals surface area contributed by atoms with Crippen molar-refractivity contribution in [2.45, 2.75) is 64.0 Å². The Labute approximate surface area is 122 Å². The second-order valence-electron chi connectivity index (χ2n) is 7.69. The number of hydrogen-bond acceptors (Lipinski definition) is 3. The van der Waals surface area contributed by atoms with Gasteiger partial charge in [0.15, 0.2) is 0 Å². The molecule has 3 rings (SSSR count). The van der Waals surface area contributed by atoms with Crippen molar-refractivity contribution < 1.29 is 9.53 Å². The van der Waals surface area contributed by atoms with E-state index in [0.717, 1.165) is 26.1 Å². The number of ether oxygens (including phenoxy) is 1. The average molecular weight is 280 g/mol. The fraction of sp³-hybridized carbons (Fsp3) is 0.938. The molecule has 3 atom stereocenters. The number of nitrogens with zero attached hydrogens (tertiary/aromatic N) is 1. The second kappa shape index (κ2) is 4.90. The Bertz CT molecular complexity index is 384. The predicted molar refractivity (Wildman–Crippen MR) is 78.6 cm³/mol. The Kier molecular flexibility index (Phi) is 3.47. The lowest BCUT2D eigenvalue weighted by Gasteiger charge is -2.55. The van der Waals surface area contributed by atoms with Gasteiger partial charge >= 0.3 is 6.09 Å². The summed E-state index contributed by atoms with van der Waals surface area (Å²) in [4.78, 5) is 14.7. The molecule has 1 amide bonds. The van der Waals surface area contributed by atoms with Gasteiger partial charge in [-0.2, -0.15) is 0 Å². The molecular formula is C16H28N2O2. The monoisotopic (exact) mass is 280 g/mol. The Morgan fingerprint density at radius 2 is 2.05 bits per heavy atom. The zero-order valence-corrected chi connectivity index (χ0v) is 13.1. The topological polar surface area (TPSA) is 41.6 Å². The first-order valence-electron chi connectivity index (χ1n) is 8.15. The summed E-state index contributed by atoms with van der Waals surface area (Å²) >= 11 is 0. The zero-order chi connectivity index (χ0) is 14.4. The number of nitrogens with one attached hydrogen (secondary N) is 1. The van der Waals surface area contributed by atoms with Crippen LogP contribution < -0.4 is 5.32 Å². The van der Waals surface area contributed by atoms with Crippen molar-refractivity contribution in [3.63, 3.8) is 0 Å². The lowest BCUT2D eigenvalue weighted by atomic mass is 9.59. The maximum absolute atomic E-state index is 12.6. The van der Waals surface area contributed by atoms with Crippen molar-refractivity contribution in [1.29, 1.82) is 0 Å². The molecule has 4 heteroatoms. The van der Waals surface area contributed by atoms with Crippen LogP contribution in [0.1, 0.15) is 52.9 Å². The van der Waals surface area contributed by atoms with Gasteiger partial charge < -0.3 is 15.0 Å². The molecule has 3 aliphatic rings. The Morgan fingerprint density at radius 3 is 2.60 bits per heavy atom. The van der Waals surface area contributed by atoms with E-state index in [1.807, 2.05) is 20.8 Å². The maximum Gasteiger partial charge on any atom is 0.410 e. The fourth-order valence-corrected chi connectivity index (χ4v) is 4.50. The first-order valence-corrected chi connectivity index (χ1v) is 8.15. The summed E-state index contributed by atoms with van der Waals surface area (Å²) in [6.07, 6.45) is 6.02. The number of piperidine rings is 1. The van der Waals surface area contributed by atoms with Gasteiger partial charge in [-0.3, -0.25) is 0 Å². The normalized spacial score (nSPS) is 37.2. The first-order chi connectivity index (χ1) is 9.43. The van der Waals surface area contributed by atoms with E-state index in [2.05, 4.69) is 10.2 Å². The molecule has 0 radical (unpaired) electrons. The molecule has 1 unspecified atom stereocenters. The number of rotatable bonds is 1. The molecule has 1 saturated carbocycles. The third-order valence-electron chi connectivity index (χ3n) is 5.42. The van der Waals surface area contributed by atoms with Crippen LogP contribution in [0.5, 0.6) is 0 Å². The Hall–Kier alpha value is -0.770. The van der Waals surface area contributed by atoms with E-state index in [9.17, 15) is 4.79 Å². The van der Waals surface area contributed by atoms with Crippen LogP contribution in [0.3, 0.4) is 0 Å². The van der Waals surface area contributed by atoms with Crippen LogP contribution in [0.4, 0.5) is 4.79 Å². The number of amides is 1. The van der Waals surface area contributed by atoms with E-state index in [4.69, 9.17) is 4.74 Å².